The van der Waals surface area contributed by atoms with Gasteiger partial charge in [0.2, 0.25) is 5.91 Å². The van der Waals surface area contributed by atoms with Crippen LogP contribution in [0.15, 0.2) is 47.1 Å². The van der Waals surface area contributed by atoms with Gasteiger partial charge in [0.15, 0.2) is 0 Å². The van der Waals surface area contributed by atoms with Crippen molar-refractivity contribution in [3.05, 3.63) is 54.2 Å². The molecule has 26 heavy (non-hydrogen) atoms. The van der Waals surface area contributed by atoms with Crippen molar-refractivity contribution in [2.45, 2.75) is 25.2 Å². The summed E-state index contributed by atoms with van der Waals surface area (Å²) in [6.07, 6.45) is 2.40. The maximum atomic E-state index is 12.0. The van der Waals surface area contributed by atoms with E-state index >= 15 is 0 Å². The molecule has 0 saturated heterocycles. The molecule has 2 heterocycles. The Labute approximate surface area is 156 Å². The van der Waals surface area contributed by atoms with Crippen LogP contribution in [0.5, 0.6) is 0 Å². The number of hydrogen-bond donors (Lipinski definition) is 2. The molecule has 0 spiro atoms. The fourth-order valence-corrected chi connectivity index (χ4v) is 3.24. The number of para-hydroxylation sites is 2. The van der Waals surface area contributed by atoms with E-state index < -0.39 is 0 Å². The SMILES string of the molecule is CC(SCC(=O)NCCCOCc1ccco1)c1nc2ccccc2[nH]1. The van der Waals surface area contributed by atoms with Crippen molar-refractivity contribution < 1.29 is 13.9 Å². The highest BCUT2D eigenvalue weighted by molar-refractivity contribution is 8.00. The lowest BCUT2D eigenvalue weighted by Gasteiger charge is -2.09. The summed E-state index contributed by atoms with van der Waals surface area (Å²) in [4.78, 5) is 19.8. The fraction of sp³-hybridized carbons (Fsp3) is 0.368. The van der Waals surface area contributed by atoms with Crippen molar-refractivity contribution in [3.63, 3.8) is 0 Å². The second kappa shape index (κ2) is 9.45. The number of benzene rings is 1. The molecule has 0 aliphatic rings. The number of nitrogens with zero attached hydrogens (tertiary/aromatic N) is 1. The summed E-state index contributed by atoms with van der Waals surface area (Å²) in [7, 11) is 0. The number of nitrogens with one attached hydrogen (secondary N) is 2. The third kappa shape index (κ3) is 5.37. The van der Waals surface area contributed by atoms with E-state index in [1.54, 1.807) is 18.0 Å². The monoisotopic (exact) mass is 373 g/mol. The van der Waals surface area contributed by atoms with Gasteiger partial charge in [-0.2, -0.15) is 0 Å². The molecule has 1 atom stereocenters. The number of aromatic nitrogens is 2. The molecule has 2 aromatic heterocycles. The number of aromatic amines is 1. The Balaban J connectivity index is 1.29. The average Bonchev–Trinajstić information content (AvgIpc) is 3.31. The van der Waals surface area contributed by atoms with Crippen LogP contribution in [-0.2, 0) is 16.1 Å². The van der Waals surface area contributed by atoms with E-state index in [0.29, 0.717) is 25.5 Å². The average molecular weight is 373 g/mol. The van der Waals surface area contributed by atoms with Crippen molar-refractivity contribution in [2.75, 3.05) is 18.9 Å². The highest BCUT2D eigenvalue weighted by Gasteiger charge is 2.13. The van der Waals surface area contributed by atoms with Gasteiger partial charge >= 0.3 is 0 Å². The number of ether oxygens (including phenoxy) is 1. The molecule has 0 fully saturated rings. The van der Waals surface area contributed by atoms with Crippen LogP contribution in [0.3, 0.4) is 0 Å². The maximum absolute atomic E-state index is 12.0. The normalized spacial score (nSPS) is 12.3. The molecule has 3 rings (SSSR count). The van der Waals surface area contributed by atoms with Gasteiger partial charge in [-0.3, -0.25) is 4.79 Å². The number of hydrogen-bond acceptors (Lipinski definition) is 5. The van der Waals surface area contributed by atoms with Crippen LogP contribution < -0.4 is 5.32 Å². The Kier molecular flexibility index (Phi) is 6.74. The Hall–Kier alpha value is -2.25. The molecule has 0 aliphatic carbocycles. The van der Waals surface area contributed by atoms with Gasteiger partial charge in [0.05, 0.1) is 28.3 Å². The maximum Gasteiger partial charge on any atom is 0.230 e. The largest absolute Gasteiger partial charge is 0.467 e. The molecule has 0 saturated carbocycles. The molecule has 2 N–H and O–H groups in total. The number of carbonyl (C=O) groups excluding carboxylic acids is 1. The zero-order valence-corrected chi connectivity index (χ0v) is 15.6. The molecule has 1 aromatic carbocycles. The Bertz CT molecular complexity index is 783. The first kappa shape index (κ1) is 18.5. The van der Waals surface area contributed by atoms with Gasteiger partial charge in [-0.15, -0.1) is 11.8 Å². The van der Waals surface area contributed by atoms with Crippen molar-refractivity contribution in [2.24, 2.45) is 0 Å². The van der Waals surface area contributed by atoms with E-state index in [9.17, 15) is 4.79 Å². The van der Waals surface area contributed by atoms with Crippen LogP contribution in [0.25, 0.3) is 11.0 Å². The van der Waals surface area contributed by atoms with Crippen LogP contribution in [-0.4, -0.2) is 34.8 Å². The summed E-state index contributed by atoms with van der Waals surface area (Å²) in [5.41, 5.74) is 1.97. The molecular weight excluding hydrogens is 350 g/mol. The molecule has 1 amide bonds. The number of rotatable bonds is 10. The Morgan fingerprint density at radius 3 is 3.04 bits per heavy atom. The number of H-pyrrole nitrogens is 1. The fourth-order valence-electron chi connectivity index (χ4n) is 2.47. The van der Waals surface area contributed by atoms with Crippen LogP contribution in [0, 0.1) is 0 Å². The lowest BCUT2D eigenvalue weighted by Crippen LogP contribution is -2.27. The van der Waals surface area contributed by atoms with Crippen molar-refractivity contribution in [3.8, 4) is 0 Å². The minimum atomic E-state index is 0.0315. The van der Waals surface area contributed by atoms with E-state index in [0.717, 1.165) is 29.0 Å². The highest BCUT2D eigenvalue weighted by atomic mass is 32.2. The minimum Gasteiger partial charge on any atom is -0.467 e. The number of imidazole rings is 1. The van der Waals surface area contributed by atoms with Gasteiger partial charge in [-0.05, 0) is 37.6 Å². The number of carbonyl (C=O) groups is 1. The van der Waals surface area contributed by atoms with Crippen molar-refractivity contribution >= 4 is 28.7 Å². The van der Waals surface area contributed by atoms with Gasteiger partial charge in [-0.25, -0.2) is 4.98 Å². The third-order valence-electron chi connectivity index (χ3n) is 3.87. The first-order chi connectivity index (χ1) is 12.7. The number of amides is 1. The van der Waals surface area contributed by atoms with Gasteiger partial charge in [0.1, 0.15) is 18.2 Å². The lowest BCUT2D eigenvalue weighted by atomic mass is 10.3. The smallest absolute Gasteiger partial charge is 0.230 e. The van der Waals surface area contributed by atoms with E-state index in [1.807, 2.05) is 36.4 Å². The zero-order valence-electron chi connectivity index (χ0n) is 14.7. The van der Waals surface area contributed by atoms with E-state index in [-0.39, 0.29) is 11.2 Å². The number of thioether (sulfide) groups is 1. The van der Waals surface area contributed by atoms with Crippen molar-refractivity contribution in [1.29, 1.82) is 0 Å². The molecule has 3 aromatic rings. The summed E-state index contributed by atoms with van der Waals surface area (Å²) in [5.74, 6) is 2.15. The molecule has 138 valence electrons. The van der Waals surface area contributed by atoms with Crippen molar-refractivity contribution in [1.82, 2.24) is 15.3 Å². The first-order valence-electron chi connectivity index (χ1n) is 8.65. The van der Waals surface area contributed by atoms with Crippen LogP contribution in [0.2, 0.25) is 0 Å². The van der Waals surface area contributed by atoms with Crippen LogP contribution in [0.4, 0.5) is 0 Å². The summed E-state index contributed by atoms with van der Waals surface area (Å²) >= 11 is 1.57. The zero-order chi connectivity index (χ0) is 18.2. The molecule has 0 aliphatic heterocycles. The van der Waals surface area contributed by atoms with Gasteiger partial charge in [0, 0.05) is 13.2 Å². The third-order valence-corrected chi connectivity index (χ3v) is 5.02. The topological polar surface area (TPSA) is 80.2 Å². The quantitative estimate of drug-likeness (QED) is 0.530. The van der Waals surface area contributed by atoms with Crippen LogP contribution in [0.1, 0.15) is 30.2 Å². The van der Waals surface area contributed by atoms with Gasteiger partial charge in [-0.1, -0.05) is 12.1 Å². The Morgan fingerprint density at radius 1 is 1.35 bits per heavy atom. The Morgan fingerprint density at radius 2 is 2.23 bits per heavy atom. The van der Waals surface area contributed by atoms with Gasteiger partial charge < -0.3 is 19.5 Å². The standard InChI is InChI=1S/C19H23N3O3S/c1-14(19-21-16-7-2-3-8-17(16)22-19)26-13-18(23)20-9-5-10-24-12-15-6-4-11-25-15/h2-4,6-8,11,14H,5,9-10,12-13H2,1H3,(H,20,23)(H,21,22). The highest BCUT2D eigenvalue weighted by Crippen LogP contribution is 2.27. The summed E-state index contributed by atoms with van der Waals surface area (Å²) in [6.45, 7) is 3.71. The summed E-state index contributed by atoms with van der Waals surface area (Å²) in [6, 6.07) is 11.6. The second-order valence-electron chi connectivity index (χ2n) is 5.93. The molecular formula is C19H23N3O3S. The summed E-state index contributed by atoms with van der Waals surface area (Å²) in [5, 5.41) is 3.05. The molecule has 6 nitrogen and oxygen atoms in total. The summed E-state index contributed by atoms with van der Waals surface area (Å²) < 4.78 is 10.7. The van der Waals surface area contributed by atoms with E-state index in [2.05, 4.69) is 22.2 Å². The molecule has 7 heteroatoms. The second-order valence-corrected chi connectivity index (χ2v) is 7.26. The first-order valence-corrected chi connectivity index (χ1v) is 9.70. The van der Waals surface area contributed by atoms with E-state index in [4.69, 9.17) is 9.15 Å². The molecule has 0 radical (unpaired) electrons. The van der Waals surface area contributed by atoms with Gasteiger partial charge in [0.25, 0.3) is 0 Å². The number of fused-ring (bicyclic) bond motifs is 1. The molecule has 0 bridgehead atoms. The number of furan rings is 1. The van der Waals surface area contributed by atoms with E-state index in [1.165, 1.54) is 0 Å². The van der Waals surface area contributed by atoms with Crippen LogP contribution >= 0.6 is 11.8 Å². The molecule has 1 unspecified atom stereocenters. The predicted octanol–water partition coefficient (Wildman–Crippen LogP) is 3.67. The predicted molar refractivity (Wildman–Crippen MR) is 103 cm³/mol. The minimum absolute atomic E-state index is 0.0315. The lowest BCUT2D eigenvalue weighted by molar-refractivity contribution is -0.118.